The Morgan fingerprint density at radius 1 is 1.29 bits per heavy atom. The monoisotopic (exact) mass is 460 g/mol. The van der Waals surface area contributed by atoms with E-state index in [9.17, 15) is 4.79 Å². The number of nitrogens with one attached hydrogen (secondary N) is 1. The molecule has 0 radical (unpaired) electrons. The van der Waals surface area contributed by atoms with Crippen molar-refractivity contribution in [3.8, 4) is 12.3 Å². The van der Waals surface area contributed by atoms with Crippen LogP contribution >= 0.6 is 0 Å². The molecule has 0 aromatic heterocycles. The van der Waals surface area contributed by atoms with E-state index in [0.29, 0.717) is 19.0 Å². The molecular formula is C29H40N4O. The summed E-state index contributed by atoms with van der Waals surface area (Å²) in [5.41, 5.74) is 3.61. The number of aryl methyl sites for hydroxylation is 1. The maximum absolute atomic E-state index is 13.0. The first-order chi connectivity index (χ1) is 16.5. The number of aliphatic imine (C=N–C) groups is 1. The summed E-state index contributed by atoms with van der Waals surface area (Å²) < 4.78 is 0. The number of carbonyl (C=O) groups excluding carboxylic acids is 1. The second-order valence-electron chi connectivity index (χ2n) is 9.63. The zero-order chi connectivity index (χ0) is 24.3. The Morgan fingerprint density at radius 2 is 2.12 bits per heavy atom. The highest BCUT2D eigenvalue weighted by Crippen LogP contribution is 2.16. The summed E-state index contributed by atoms with van der Waals surface area (Å²) in [6.07, 6.45) is 15.9. The Balaban J connectivity index is 1.58. The van der Waals surface area contributed by atoms with Crippen LogP contribution < -0.4 is 5.32 Å². The van der Waals surface area contributed by atoms with Crippen LogP contribution in [0, 0.1) is 31.1 Å². The van der Waals surface area contributed by atoms with Crippen molar-refractivity contribution in [1.82, 2.24) is 15.1 Å². The fourth-order valence-electron chi connectivity index (χ4n) is 4.55. The first kappa shape index (κ1) is 25.8. The predicted molar refractivity (Wildman–Crippen MR) is 142 cm³/mol. The topological polar surface area (TPSA) is 47.9 Å². The number of benzene rings is 1. The third-order valence-electron chi connectivity index (χ3n) is 6.79. The van der Waals surface area contributed by atoms with E-state index in [-0.39, 0.29) is 5.91 Å². The van der Waals surface area contributed by atoms with Crippen molar-refractivity contribution in [3.05, 3.63) is 59.2 Å². The third kappa shape index (κ3) is 7.88. The van der Waals surface area contributed by atoms with Crippen molar-refractivity contribution < 1.29 is 4.79 Å². The average Bonchev–Trinajstić information content (AvgIpc) is 3.24. The van der Waals surface area contributed by atoms with Crippen molar-refractivity contribution in [2.75, 3.05) is 39.3 Å². The molecule has 1 aliphatic heterocycles. The molecule has 1 aromatic carbocycles. The minimum absolute atomic E-state index is 0.0686. The molecule has 0 saturated heterocycles. The van der Waals surface area contributed by atoms with E-state index in [1.54, 1.807) is 0 Å². The first-order valence-corrected chi connectivity index (χ1v) is 12.6. The molecule has 34 heavy (non-hydrogen) atoms. The van der Waals surface area contributed by atoms with Gasteiger partial charge < -0.3 is 10.2 Å². The Hall–Kier alpha value is -2.84. The Morgan fingerprint density at radius 3 is 2.79 bits per heavy atom. The van der Waals surface area contributed by atoms with Gasteiger partial charge in [0.15, 0.2) is 0 Å². The molecule has 0 saturated carbocycles. The van der Waals surface area contributed by atoms with Gasteiger partial charge in [0.05, 0.1) is 12.4 Å². The molecule has 3 rings (SSSR count). The van der Waals surface area contributed by atoms with E-state index in [1.807, 2.05) is 18.2 Å². The van der Waals surface area contributed by atoms with Crippen molar-refractivity contribution in [2.24, 2.45) is 16.8 Å². The largest absolute Gasteiger partial charge is 0.358 e. The van der Waals surface area contributed by atoms with Gasteiger partial charge in [-0.25, -0.2) is 0 Å². The van der Waals surface area contributed by atoms with Crippen LogP contribution in [0.25, 0.3) is 0 Å². The molecule has 2 unspecified atom stereocenters. The lowest BCUT2D eigenvalue weighted by molar-refractivity contribution is -0.124. The molecule has 0 spiro atoms. The SMILES string of the molecule is C#CC(CN(CCC(C)CN1CCN=C1C)CC1=CCCC=C1)C(=O)NCc1ccccc1C. The molecule has 1 heterocycles. The van der Waals surface area contributed by atoms with Crippen LogP contribution in [-0.4, -0.2) is 60.8 Å². The highest BCUT2D eigenvalue weighted by molar-refractivity contribution is 5.82. The van der Waals surface area contributed by atoms with Crippen LogP contribution in [0.3, 0.4) is 0 Å². The lowest BCUT2D eigenvalue weighted by Crippen LogP contribution is -2.40. The van der Waals surface area contributed by atoms with E-state index in [1.165, 1.54) is 11.1 Å². The number of terminal acetylenes is 1. The lowest BCUT2D eigenvalue weighted by Gasteiger charge is -2.28. The number of amides is 1. The fourth-order valence-corrected chi connectivity index (χ4v) is 4.55. The van der Waals surface area contributed by atoms with E-state index >= 15 is 0 Å². The smallest absolute Gasteiger partial charge is 0.236 e. The van der Waals surface area contributed by atoms with Gasteiger partial charge in [0, 0.05) is 32.7 Å². The summed E-state index contributed by atoms with van der Waals surface area (Å²) >= 11 is 0. The highest BCUT2D eigenvalue weighted by atomic mass is 16.1. The molecule has 2 atom stereocenters. The molecule has 2 aliphatic rings. The number of nitrogens with zero attached hydrogens (tertiary/aromatic N) is 3. The summed E-state index contributed by atoms with van der Waals surface area (Å²) in [4.78, 5) is 22.2. The summed E-state index contributed by atoms with van der Waals surface area (Å²) in [6.45, 7) is 12.2. The van der Waals surface area contributed by atoms with Crippen LogP contribution in [0.4, 0.5) is 0 Å². The van der Waals surface area contributed by atoms with Gasteiger partial charge in [-0.05, 0) is 62.3 Å². The van der Waals surface area contributed by atoms with Gasteiger partial charge in [-0.15, -0.1) is 6.42 Å². The standard InChI is InChI=1S/C29H40N4O/c1-5-27(29(34)31-19-28-14-10-9-11-24(28)3)22-32(21-26-12-7-6-8-13-26)17-15-23(2)20-33-18-16-30-25(33)4/h1,7,9-14,23,27H,6,8,15-22H2,2-4H3,(H,31,34). The van der Waals surface area contributed by atoms with Crippen molar-refractivity contribution in [3.63, 3.8) is 0 Å². The van der Waals surface area contributed by atoms with Crippen LogP contribution in [0.5, 0.6) is 0 Å². The molecule has 1 aliphatic carbocycles. The van der Waals surface area contributed by atoms with Crippen LogP contribution in [0.2, 0.25) is 0 Å². The molecule has 1 amide bonds. The van der Waals surface area contributed by atoms with E-state index in [4.69, 9.17) is 6.42 Å². The van der Waals surface area contributed by atoms with E-state index in [0.717, 1.165) is 63.4 Å². The second kappa shape index (κ2) is 13.2. The van der Waals surface area contributed by atoms with Gasteiger partial charge in [0.2, 0.25) is 5.91 Å². The van der Waals surface area contributed by atoms with Gasteiger partial charge in [0.25, 0.3) is 0 Å². The summed E-state index contributed by atoms with van der Waals surface area (Å²) in [5.74, 6) is 3.91. The van der Waals surface area contributed by atoms with Crippen molar-refractivity contribution in [2.45, 2.75) is 46.6 Å². The zero-order valence-corrected chi connectivity index (χ0v) is 21.1. The predicted octanol–water partition coefficient (Wildman–Crippen LogP) is 4.20. The van der Waals surface area contributed by atoms with Gasteiger partial charge in [-0.3, -0.25) is 14.7 Å². The third-order valence-corrected chi connectivity index (χ3v) is 6.79. The Kier molecular flexibility index (Phi) is 9.97. The quantitative estimate of drug-likeness (QED) is 0.476. The molecular weight excluding hydrogens is 420 g/mol. The van der Waals surface area contributed by atoms with Crippen LogP contribution in [0.1, 0.15) is 44.2 Å². The molecule has 0 bridgehead atoms. The number of hydrogen-bond acceptors (Lipinski definition) is 4. The van der Waals surface area contributed by atoms with Gasteiger partial charge in [-0.2, -0.15) is 0 Å². The molecule has 1 aromatic rings. The van der Waals surface area contributed by atoms with E-state index < -0.39 is 5.92 Å². The number of carbonyl (C=O) groups is 1. The highest BCUT2D eigenvalue weighted by Gasteiger charge is 2.22. The molecule has 1 N–H and O–H groups in total. The second-order valence-corrected chi connectivity index (χ2v) is 9.63. The maximum Gasteiger partial charge on any atom is 0.236 e. The summed E-state index contributed by atoms with van der Waals surface area (Å²) in [7, 11) is 0. The normalized spacial score (nSPS) is 17.2. The summed E-state index contributed by atoms with van der Waals surface area (Å²) in [5, 5.41) is 3.06. The maximum atomic E-state index is 13.0. The first-order valence-electron chi connectivity index (χ1n) is 12.6. The van der Waals surface area contributed by atoms with E-state index in [2.05, 4.69) is 71.1 Å². The molecule has 5 heteroatoms. The van der Waals surface area contributed by atoms with Gasteiger partial charge in [-0.1, -0.05) is 55.3 Å². The van der Waals surface area contributed by atoms with Crippen LogP contribution in [-0.2, 0) is 11.3 Å². The molecule has 0 fully saturated rings. The number of hydrogen-bond donors (Lipinski definition) is 1. The summed E-state index contributed by atoms with van der Waals surface area (Å²) in [6, 6.07) is 8.11. The number of allylic oxidation sites excluding steroid dienone is 2. The minimum Gasteiger partial charge on any atom is -0.358 e. The average molecular weight is 461 g/mol. The van der Waals surface area contributed by atoms with Crippen molar-refractivity contribution >= 4 is 11.7 Å². The zero-order valence-electron chi connectivity index (χ0n) is 21.1. The fraction of sp³-hybridized carbons (Fsp3) is 0.517. The number of rotatable bonds is 12. The Labute approximate surface area is 206 Å². The molecule has 182 valence electrons. The minimum atomic E-state index is -0.472. The van der Waals surface area contributed by atoms with Crippen LogP contribution in [0.15, 0.2) is 53.1 Å². The van der Waals surface area contributed by atoms with Gasteiger partial charge >= 0.3 is 0 Å². The number of amidine groups is 1. The molecule has 5 nitrogen and oxygen atoms in total. The van der Waals surface area contributed by atoms with Crippen molar-refractivity contribution in [1.29, 1.82) is 0 Å². The lowest BCUT2D eigenvalue weighted by atomic mass is 10.0. The Bertz CT molecular complexity index is 955. The van der Waals surface area contributed by atoms with Gasteiger partial charge in [0.1, 0.15) is 5.92 Å².